The molecule has 0 unspecified atom stereocenters. The van der Waals surface area contributed by atoms with E-state index in [-0.39, 0.29) is 0 Å². The zero-order chi connectivity index (χ0) is 9.26. The van der Waals surface area contributed by atoms with E-state index < -0.39 is 0 Å². The maximum Gasteiger partial charge on any atom is 0.223 e. The summed E-state index contributed by atoms with van der Waals surface area (Å²) in [7, 11) is 0. The molecule has 0 radical (unpaired) electrons. The number of aldehydes is 1. The van der Waals surface area contributed by atoms with E-state index in [1.54, 1.807) is 24.3 Å². The van der Waals surface area contributed by atoms with Crippen LogP contribution in [0, 0.1) is 5.21 Å². The molecule has 0 aliphatic rings. The Morgan fingerprint density at radius 2 is 2.08 bits per heavy atom. The van der Waals surface area contributed by atoms with Gasteiger partial charge in [0, 0.05) is 11.5 Å². The van der Waals surface area contributed by atoms with Crippen LogP contribution in [0.15, 0.2) is 36.5 Å². The quantitative estimate of drug-likeness (QED) is 0.370. The Morgan fingerprint density at radius 3 is 2.85 bits per heavy atom. The first kappa shape index (κ1) is 7.73. The molecule has 2 rings (SSSR count). The highest BCUT2D eigenvalue weighted by atomic mass is 16.5. The molecule has 0 saturated carbocycles. The Hall–Kier alpha value is -1.90. The lowest BCUT2D eigenvalue weighted by Gasteiger charge is -2.00. The lowest BCUT2D eigenvalue weighted by Crippen LogP contribution is -2.26. The molecule has 0 atom stereocenters. The summed E-state index contributed by atoms with van der Waals surface area (Å²) in [6, 6.07) is 8.83. The number of benzene rings is 1. The van der Waals surface area contributed by atoms with E-state index in [9.17, 15) is 10.0 Å². The van der Waals surface area contributed by atoms with Crippen molar-refractivity contribution < 1.29 is 9.52 Å². The Labute approximate surface area is 74.8 Å². The third kappa shape index (κ3) is 1.24. The zero-order valence-electron chi connectivity index (χ0n) is 6.81. The second-order valence-corrected chi connectivity index (χ2v) is 2.78. The number of carbonyl (C=O) groups excluding carboxylic acids is 1. The Balaban J connectivity index is 2.84. The first-order valence-corrected chi connectivity index (χ1v) is 3.88. The van der Waals surface area contributed by atoms with Crippen LogP contribution in [0.5, 0.6) is 0 Å². The van der Waals surface area contributed by atoms with Crippen molar-refractivity contribution in [3.63, 3.8) is 0 Å². The maximum absolute atomic E-state index is 11.3. The predicted molar refractivity (Wildman–Crippen MR) is 48.3 cm³/mol. The predicted octanol–water partition coefficient (Wildman–Crippen LogP) is 1.29. The van der Waals surface area contributed by atoms with E-state index in [1.807, 2.05) is 6.07 Å². The molecule has 0 spiro atoms. The fourth-order valence-corrected chi connectivity index (χ4v) is 1.30. The summed E-state index contributed by atoms with van der Waals surface area (Å²) in [4.78, 5) is 10.5. The van der Waals surface area contributed by atoms with Crippen molar-refractivity contribution in [2.45, 2.75) is 0 Å². The van der Waals surface area contributed by atoms with Gasteiger partial charge in [-0.1, -0.05) is 12.1 Å². The molecule has 13 heavy (non-hydrogen) atoms. The molecule has 0 amide bonds. The molecule has 1 heterocycles. The number of hydrogen-bond donors (Lipinski definition) is 0. The van der Waals surface area contributed by atoms with Gasteiger partial charge < -0.3 is 5.21 Å². The van der Waals surface area contributed by atoms with Crippen molar-refractivity contribution in [3.8, 4) is 0 Å². The van der Waals surface area contributed by atoms with Crippen molar-refractivity contribution in [1.82, 2.24) is 0 Å². The lowest BCUT2D eigenvalue weighted by molar-refractivity contribution is -0.577. The van der Waals surface area contributed by atoms with Gasteiger partial charge in [-0.15, -0.1) is 0 Å². The SMILES string of the molecule is O=Cc1cc2ccccc2[n+]([O-])c1. The first-order chi connectivity index (χ1) is 6.31. The van der Waals surface area contributed by atoms with Gasteiger partial charge in [0.2, 0.25) is 5.52 Å². The van der Waals surface area contributed by atoms with Gasteiger partial charge in [-0.2, -0.15) is 4.73 Å². The molecular formula is C10H7NO2. The summed E-state index contributed by atoms with van der Waals surface area (Å²) in [6.45, 7) is 0. The minimum absolute atomic E-state index is 0.397. The second kappa shape index (κ2) is 2.86. The van der Waals surface area contributed by atoms with Gasteiger partial charge >= 0.3 is 0 Å². The number of carbonyl (C=O) groups is 1. The van der Waals surface area contributed by atoms with E-state index in [0.717, 1.165) is 5.39 Å². The fourth-order valence-electron chi connectivity index (χ4n) is 1.30. The van der Waals surface area contributed by atoms with Crippen LogP contribution in [0.25, 0.3) is 10.9 Å². The zero-order valence-corrected chi connectivity index (χ0v) is 6.81. The average molecular weight is 173 g/mol. The standard InChI is InChI=1S/C10H7NO2/c12-7-8-5-9-3-1-2-4-10(9)11(13)6-8/h1-7H. The molecule has 0 N–H and O–H groups in total. The van der Waals surface area contributed by atoms with E-state index in [1.165, 1.54) is 6.20 Å². The number of aromatic nitrogens is 1. The van der Waals surface area contributed by atoms with Crippen LogP contribution >= 0.6 is 0 Å². The van der Waals surface area contributed by atoms with Crippen LogP contribution in [-0.2, 0) is 0 Å². The Bertz CT molecular complexity index is 465. The van der Waals surface area contributed by atoms with Gasteiger partial charge in [0.15, 0.2) is 12.5 Å². The first-order valence-electron chi connectivity index (χ1n) is 3.88. The van der Waals surface area contributed by atoms with E-state index in [4.69, 9.17) is 0 Å². The molecule has 0 fully saturated rings. The summed E-state index contributed by atoms with van der Waals surface area (Å²) in [5, 5.41) is 12.1. The van der Waals surface area contributed by atoms with Gasteiger partial charge in [-0.25, -0.2) is 0 Å². The molecule has 0 aliphatic heterocycles. The third-order valence-electron chi connectivity index (χ3n) is 1.90. The summed E-state index contributed by atoms with van der Waals surface area (Å²) in [5.41, 5.74) is 0.974. The summed E-state index contributed by atoms with van der Waals surface area (Å²) >= 11 is 0. The van der Waals surface area contributed by atoms with Crippen LogP contribution in [0.4, 0.5) is 0 Å². The van der Waals surface area contributed by atoms with Gasteiger partial charge in [0.25, 0.3) is 0 Å². The van der Waals surface area contributed by atoms with Crippen molar-refractivity contribution in [1.29, 1.82) is 0 Å². The highest BCUT2D eigenvalue weighted by Crippen LogP contribution is 2.09. The highest BCUT2D eigenvalue weighted by Gasteiger charge is 2.04. The maximum atomic E-state index is 11.3. The molecule has 1 aromatic carbocycles. The Morgan fingerprint density at radius 1 is 1.31 bits per heavy atom. The van der Waals surface area contributed by atoms with Crippen LogP contribution in [0.3, 0.4) is 0 Å². The van der Waals surface area contributed by atoms with E-state index in [2.05, 4.69) is 0 Å². The summed E-state index contributed by atoms with van der Waals surface area (Å²) in [5.74, 6) is 0. The largest absolute Gasteiger partial charge is 0.618 e. The molecule has 64 valence electrons. The Kier molecular flexibility index (Phi) is 1.70. The van der Waals surface area contributed by atoms with Gasteiger partial charge in [0.1, 0.15) is 0 Å². The number of nitrogens with zero attached hydrogens (tertiary/aromatic N) is 1. The van der Waals surface area contributed by atoms with Crippen molar-refractivity contribution in [2.24, 2.45) is 0 Å². The number of pyridine rings is 1. The fraction of sp³-hybridized carbons (Fsp3) is 0. The second-order valence-electron chi connectivity index (χ2n) is 2.78. The number of rotatable bonds is 1. The molecule has 0 saturated heterocycles. The number of para-hydroxylation sites is 1. The molecule has 3 nitrogen and oxygen atoms in total. The smallest absolute Gasteiger partial charge is 0.223 e. The normalized spacial score (nSPS) is 10.2. The average Bonchev–Trinajstić information content (AvgIpc) is 2.18. The third-order valence-corrected chi connectivity index (χ3v) is 1.90. The van der Waals surface area contributed by atoms with Crippen LogP contribution in [0.1, 0.15) is 10.4 Å². The minimum atomic E-state index is 0.397. The van der Waals surface area contributed by atoms with Gasteiger partial charge in [-0.3, -0.25) is 4.79 Å². The van der Waals surface area contributed by atoms with Crippen LogP contribution < -0.4 is 4.73 Å². The number of hydrogen-bond acceptors (Lipinski definition) is 2. The molecule has 3 heteroatoms. The summed E-state index contributed by atoms with van der Waals surface area (Å²) < 4.78 is 0.707. The highest BCUT2D eigenvalue weighted by molar-refractivity contribution is 5.83. The van der Waals surface area contributed by atoms with E-state index >= 15 is 0 Å². The topological polar surface area (TPSA) is 44.0 Å². The molecule has 0 aliphatic carbocycles. The van der Waals surface area contributed by atoms with Crippen molar-refractivity contribution in [3.05, 3.63) is 47.3 Å². The minimum Gasteiger partial charge on any atom is -0.618 e. The van der Waals surface area contributed by atoms with E-state index in [0.29, 0.717) is 22.1 Å². The number of fused-ring (bicyclic) bond motifs is 1. The molecule has 2 aromatic rings. The molecule has 1 aromatic heterocycles. The van der Waals surface area contributed by atoms with Gasteiger partial charge in [0.05, 0.1) is 5.56 Å². The molecule has 0 bridgehead atoms. The van der Waals surface area contributed by atoms with Crippen molar-refractivity contribution >= 4 is 17.2 Å². The monoisotopic (exact) mass is 173 g/mol. The van der Waals surface area contributed by atoms with Crippen LogP contribution in [0.2, 0.25) is 0 Å². The lowest BCUT2D eigenvalue weighted by atomic mass is 10.2. The summed E-state index contributed by atoms with van der Waals surface area (Å²) in [6.07, 6.45) is 1.94. The van der Waals surface area contributed by atoms with Crippen molar-refractivity contribution in [2.75, 3.05) is 0 Å². The molecular weight excluding hydrogens is 166 g/mol. The van der Waals surface area contributed by atoms with Crippen LogP contribution in [-0.4, -0.2) is 6.29 Å². The van der Waals surface area contributed by atoms with Gasteiger partial charge in [-0.05, 0) is 12.1 Å².